The van der Waals surface area contributed by atoms with Gasteiger partial charge >= 0.3 is 0 Å². The zero-order chi connectivity index (χ0) is 13.9. The molecule has 1 aliphatic carbocycles. The molecule has 2 unspecified atom stereocenters. The second kappa shape index (κ2) is 6.19. The monoisotopic (exact) mass is 279 g/mol. The molecule has 2 nitrogen and oxygen atoms in total. The highest BCUT2D eigenvalue weighted by atomic mass is 32.2. The first-order chi connectivity index (χ1) is 9.04. The molecular formula is C16H25NOS. The molecule has 0 fully saturated rings. The Morgan fingerprint density at radius 3 is 2.84 bits per heavy atom. The van der Waals surface area contributed by atoms with Crippen molar-refractivity contribution >= 4 is 10.8 Å². The lowest BCUT2D eigenvalue weighted by Gasteiger charge is -2.40. The van der Waals surface area contributed by atoms with Gasteiger partial charge < -0.3 is 5.32 Å². The fourth-order valence-electron chi connectivity index (χ4n) is 2.91. The standard InChI is InChI=1S/C16H25NOS/c1-4-19(18)12-11-17-15-14-8-6-5-7-13(14)9-10-16(15,2)3/h5-8,15,17H,4,9-12H2,1-3H3. The van der Waals surface area contributed by atoms with E-state index in [0.29, 0.717) is 6.04 Å². The van der Waals surface area contributed by atoms with E-state index in [2.05, 4.69) is 43.4 Å². The molecule has 0 aromatic heterocycles. The molecule has 0 radical (unpaired) electrons. The van der Waals surface area contributed by atoms with Gasteiger partial charge in [0, 0.05) is 34.9 Å². The number of nitrogens with one attached hydrogen (secondary N) is 1. The Hall–Kier alpha value is -0.670. The maximum Gasteiger partial charge on any atom is 0.0375 e. The predicted octanol–water partition coefficient (Wildman–Crippen LogP) is 3.06. The minimum Gasteiger partial charge on any atom is -0.309 e. The van der Waals surface area contributed by atoms with Crippen LogP contribution in [0, 0.1) is 5.41 Å². The molecule has 2 rings (SSSR count). The smallest absolute Gasteiger partial charge is 0.0375 e. The average Bonchev–Trinajstić information content (AvgIpc) is 2.41. The van der Waals surface area contributed by atoms with Gasteiger partial charge in [-0.2, -0.15) is 0 Å². The van der Waals surface area contributed by atoms with Gasteiger partial charge in [-0.1, -0.05) is 45.0 Å². The van der Waals surface area contributed by atoms with E-state index in [1.165, 1.54) is 24.0 Å². The highest BCUT2D eigenvalue weighted by molar-refractivity contribution is 7.84. The molecule has 2 atom stereocenters. The summed E-state index contributed by atoms with van der Waals surface area (Å²) in [5, 5.41) is 3.64. The quantitative estimate of drug-likeness (QED) is 0.897. The molecule has 0 amide bonds. The number of fused-ring (bicyclic) bond motifs is 1. The Morgan fingerprint density at radius 1 is 1.37 bits per heavy atom. The van der Waals surface area contributed by atoms with E-state index in [1.807, 2.05) is 6.92 Å². The summed E-state index contributed by atoms with van der Waals surface area (Å²) >= 11 is 0. The molecule has 0 saturated carbocycles. The van der Waals surface area contributed by atoms with Crippen LogP contribution in [0.25, 0.3) is 0 Å². The highest BCUT2D eigenvalue weighted by Crippen LogP contribution is 2.43. The molecule has 1 aliphatic rings. The predicted molar refractivity (Wildman–Crippen MR) is 82.8 cm³/mol. The van der Waals surface area contributed by atoms with Crippen LogP contribution in [-0.4, -0.2) is 22.3 Å². The number of benzene rings is 1. The van der Waals surface area contributed by atoms with E-state index in [-0.39, 0.29) is 5.41 Å². The second-order valence-electron chi connectivity index (χ2n) is 6.01. The van der Waals surface area contributed by atoms with E-state index in [9.17, 15) is 4.21 Å². The summed E-state index contributed by atoms with van der Waals surface area (Å²) in [5.41, 5.74) is 3.17. The van der Waals surface area contributed by atoms with Crippen molar-refractivity contribution in [3.05, 3.63) is 35.4 Å². The zero-order valence-corrected chi connectivity index (χ0v) is 13.1. The van der Waals surface area contributed by atoms with Gasteiger partial charge in [0.15, 0.2) is 0 Å². The third-order valence-electron chi connectivity index (χ3n) is 4.19. The van der Waals surface area contributed by atoms with Gasteiger partial charge in [0.25, 0.3) is 0 Å². The van der Waals surface area contributed by atoms with Crippen molar-refractivity contribution < 1.29 is 4.21 Å². The number of rotatable bonds is 5. The molecule has 3 heteroatoms. The third-order valence-corrected chi connectivity index (χ3v) is 5.49. The summed E-state index contributed by atoms with van der Waals surface area (Å²) in [6.07, 6.45) is 2.38. The van der Waals surface area contributed by atoms with Gasteiger partial charge in [0.05, 0.1) is 0 Å². The second-order valence-corrected chi connectivity index (χ2v) is 7.87. The maximum atomic E-state index is 11.5. The van der Waals surface area contributed by atoms with Crippen LogP contribution in [-0.2, 0) is 17.2 Å². The topological polar surface area (TPSA) is 29.1 Å². The van der Waals surface area contributed by atoms with Crippen molar-refractivity contribution in [3.8, 4) is 0 Å². The van der Waals surface area contributed by atoms with Crippen LogP contribution in [0.2, 0.25) is 0 Å². The van der Waals surface area contributed by atoms with Crippen molar-refractivity contribution in [2.24, 2.45) is 5.41 Å². The third kappa shape index (κ3) is 3.46. The molecule has 106 valence electrons. The molecule has 1 N–H and O–H groups in total. The Morgan fingerprint density at radius 2 is 2.11 bits per heavy atom. The van der Waals surface area contributed by atoms with Crippen molar-refractivity contribution in [2.45, 2.75) is 39.7 Å². The van der Waals surface area contributed by atoms with Gasteiger partial charge in [0.2, 0.25) is 0 Å². The first kappa shape index (κ1) is 14.7. The molecule has 0 heterocycles. The van der Waals surface area contributed by atoms with E-state index >= 15 is 0 Å². The Bertz CT molecular complexity index is 456. The van der Waals surface area contributed by atoms with E-state index in [4.69, 9.17) is 0 Å². The highest BCUT2D eigenvalue weighted by Gasteiger charge is 2.35. The average molecular weight is 279 g/mol. The molecule has 1 aromatic rings. The lowest BCUT2D eigenvalue weighted by Crippen LogP contribution is -2.39. The fraction of sp³-hybridized carbons (Fsp3) is 0.625. The van der Waals surface area contributed by atoms with Crippen molar-refractivity contribution in [1.82, 2.24) is 5.32 Å². The van der Waals surface area contributed by atoms with Crippen molar-refractivity contribution in [1.29, 1.82) is 0 Å². The number of hydrogen-bond acceptors (Lipinski definition) is 2. The normalized spacial score (nSPS) is 22.8. The largest absolute Gasteiger partial charge is 0.309 e. The molecular weight excluding hydrogens is 254 g/mol. The summed E-state index contributed by atoms with van der Waals surface area (Å²) in [5.74, 6) is 1.51. The lowest BCUT2D eigenvalue weighted by molar-refractivity contribution is 0.212. The van der Waals surface area contributed by atoms with Gasteiger partial charge in [-0.05, 0) is 29.4 Å². The zero-order valence-electron chi connectivity index (χ0n) is 12.2. The molecule has 1 aromatic carbocycles. The number of hydrogen-bond donors (Lipinski definition) is 1. The Kier molecular flexibility index (Phi) is 4.80. The maximum absolute atomic E-state index is 11.5. The summed E-state index contributed by atoms with van der Waals surface area (Å²) in [7, 11) is -0.676. The molecule has 0 saturated heterocycles. The van der Waals surface area contributed by atoms with Gasteiger partial charge in [-0.3, -0.25) is 4.21 Å². The van der Waals surface area contributed by atoms with E-state index in [1.54, 1.807) is 0 Å². The number of aryl methyl sites for hydroxylation is 1. The first-order valence-electron chi connectivity index (χ1n) is 7.21. The van der Waals surface area contributed by atoms with Crippen LogP contribution in [0.1, 0.15) is 44.4 Å². The Labute approximate surface area is 119 Å². The van der Waals surface area contributed by atoms with Gasteiger partial charge in [-0.25, -0.2) is 0 Å². The minimum absolute atomic E-state index is 0.266. The molecule has 0 aliphatic heterocycles. The van der Waals surface area contributed by atoms with Crippen molar-refractivity contribution in [3.63, 3.8) is 0 Å². The summed E-state index contributed by atoms with van der Waals surface area (Å²) < 4.78 is 11.5. The van der Waals surface area contributed by atoms with Crippen LogP contribution in [0.5, 0.6) is 0 Å². The van der Waals surface area contributed by atoms with Gasteiger partial charge in [0.1, 0.15) is 0 Å². The molecule has 0 bridgehead atoms. The van der Waals surface area contributed by atoms with Crippen molar-refractivity contribution in [2.75, 3.05) is 18.1 Å². The Balaban J connectivity index is 2.10. The van der Waals surface area contributed by atoms with Crippen LogP contribution in [0.3, 0.4) is 0 Å². The summed E-state index contributed by atoms with van der Waals surface area (Å²) in [6, 6.07) is 9.11. The van der Waals surface area contributed by atoms with Crippen LogP contribution in [0.15, 0.2) is 24.3 Å². The summed E-state index contributed by atoms with van der Waals surface area (Å²) in [6.45, 7) is 7.48. The minimum atomic E-state index is -0.676. The van der Waals surface area contributed by atoms with Crippen LogP contribution < -0.4 is 5.32 Å². The first-order valence-corrected chi connectivity index (χ1v) is 8.69. The SMILES string of the molecule is CCS(=O)CCNC1c2ccccc2CCC1(C)C. The summed E-state index contributed by atoms with van der Waals surface area (Å²) in [4.78, 5) is 0. The van der Waals surface area contributed by atoms with Crippen LogP contribution in [0.4, 0.5) is 0 Å². The van der Waals surface area contributed by atoms with Gasteiger partial charge in [-0.15, -0.1) is 0 Å². The van der Waals surface area contributed by atoms with E-state index in [0.717, 1.165) is 18.1 Å². The van der Waals surface area contributed by atoms with E-state index < -0.39 is 10.8 Å². The molecule has 0 spiro atoms. The van der Waals surface area contributed by atoms with Crippen LogP contribution >= 0.6 is 0 Å². The lowest BCUT2D eigenvalue weighted by atomic mass is 9.70. The molecule has 19 heavy (non-hydrogen) atoms. The fourth-order valence-corrected chi connectivity index (χ4v) is 3.55.